The van der Waals surface area contributed by atoms with Gasteiger partial charge in [-0.3, -0.25) is 4.79 Å². The lowest BCUT2D eigenvalue weighted by Gasteiger charge is -2.18. The number of amides is 1. The molecule has 0 spiro atoms. The summed E-state index contributed by atoms with van der Waals surface area (Å²) in [6, 6.07) is 5.02. The predicted octanol–water partition coefficient (Wildman–Crippen LogP) is 2.80. The van der Waals surface area contributed by atoms with Crippen molar-refractivity contribution in [2.24, 2.45) is 0 Å². The van der Waals surface area contributed by atoms with Crippen molar-refractivity contribution in [3.63, 3.8) is 0 Å². The van der Waals surface area contributed by atoms with Crippen LogP contribution in [0.25, 0.3) is 0 Å². The summed E-state index contributed by atoms with van der Waals surface area (Å²) < 4.78 is 27.6. The molecule has 7 heteroatoms. The molecular formula is C17H26N2O3S2. The number of rotatable bonds is 6. The summed E-state index contributed by atoms with van der Waals surface area (Å²) in [5.41, 5.74) is 1.76. The van der Waals surface area contributed by atoms with E-state index < -0.39 is 10.0 Å². The Labute approximate surface area is 149 Å². The number of carbonyl (C=O) groups excluding carboxylic acids is 1. The van der Waals surface area contributed by atoms with Gasteiger partial charge in [0.1, 0.15) is 0 Å². The average Bonchev–Trinajstić information content (AvgIpc) is 2.93. The van der Waals surface area contributed by atoms with Crippen LogP contribution in [0.15, 0.2) is 23.1 Å². The molecule has 0 unspecified atom stereocenters. The van der Waals surface area contributed by atoms with E-state index in [1.54, 1.807) is 34.9 Å². The number of carbonyl (C=O) groups is 1. The summed E-state index contributed by atoms with van der Waals surface area (Å²) in [5.74, 6) is 0.800. The third kappa shape index (κ3) is 4.74. The number of nitrogens with zero attached hydrogens (tertiary/aromatic N) is 1. The number of anilines is 1. The summed E-state index contributed by atoms with van der Waals surface area (Å²) in [6.07, 6.45) is 1.15. The molecule has 0 aliphatic carbocycles. The quantitative estimate of drug-likeness (QED) is 0.782. The van der Waals surface area contributed by atoms with E-state index in [2.05, 4.69) is 25.5 Å². The van der Waals surface area contributed by atoms with Gasteiger partial charge in [0.2, 0.25) is 15.9 Å². The maximum atomic E-state index is 12.4. The highest BCUT2D eigenvalue weighted by Crippen LogP contribution is 2.30. The van der Waals surface area contributed by atoms with Crippen LogP contribution in [0.5, 0.6) is 0 Å². The summed E-state index contributed by atoms with van der Waals surface area (Å²) >= 11 is 1.72. The fourth-order valence-electron chi connectivity index (χ4n) is 2.61. The van der Waals surface area contributed by atoms with Gasteiger partial charge in [-0.1, -0.05) is 27.7 Å². The van der Waals surface area contributed by atoms with Gasteiger partial charge in [-0.05, 0) is 30.2 Å². The number of thioether (sulfide) groups is 1. The zero-order chi connectivity index (χ0) is 18.0. The van der Waals surface area contributed by atoms with Gasteiger partial charge in [-0.25, -0.2) is 13.1 Å². The van der Waals surface area contributed by atoms with Crippen LogP contribution in [0.2, 0.25) is 0 Å². The lowest BCUT2D eigenvalue weighted by atomic mass is 10.2. The van der Waals surface area contributed by atoms with Crippen LogP contribution in [0, 0.1) is 0 Å². The second-order valence-corrected chi connectivity index (χ2v) is 10.5. The summed E-state index contributed by atoms with van der Waals surface area (Å²) in [7, 11) is -3.51. The highest BCUT2D eigenvalue weighted by atomic mass is 32.2. The van der Waals surface area contributed by atoms with Crippen molar-refractivity contribution in [2.45, 2.75) is 50.2 Å². The summed E-state index contributed by atoms with van der Waals surface area (Å²) in [6.45, 7) is 9.18. The second-order valence-electron chi connectivity index (χ2n) is 6.80. The molecule has 0 aromatic heterocycles. The van der Waals surface area contributed by atoms with Gasteiger partial charge >= 0.3 is 0 Å². The molecule has 0 atom stereocenters. The predicted molar refractivity (Wildman–Crippen MR) is 100 cm³/mol. The van der Waals surface area contributed by atoms with Crippen molar-refractivity contribution in [3.8, 4) is 0 Å². The van der Waals surface area contributed by atoms with Crippen molar-refractivity contribution in [2.75, 3.05) is 23.7 Å². The standard InChI is InChI=1S/C17H26N2O3S2/c1-5-16(20)19-10-8-13-12-14(6-7-15(13)19)24(21,22)18-9-11-23-17(2,3)4/h6-7,12,18H,5,8-11H2,1-4H3. The van der Waals surface area contributed by atoms with Gasteiger partial charge in [-0.2, -0.15) is 11.8 Å². The number of benzene rings is 1. The second kappa shape index (κ2) is 7.45. The van der Waals surface area contributed by atoms with E-state index >= 15 is 0 Å². The average molecular weight is 371 g/mol. The molecule has 0 fully saturated rings. The number of hydrogen-bond acceptors (Lipinski definition) is 4. The molecule has 1 amide bonds. The van der Waals surface area contributed by atoms with Crippen molar-refractivity contribution < 1.29 is 13.2 Å². The van der Waals surface area contributed by atoms with Gasteiger partial charge in [0, 0.05) is 35.7 Å². The van der Waals surface area contributed by atoms with Crippen LogP contribution < -0.4 is 9.62 Å². The molecular weight excluding hydrogens is 344 g/mol. The van der Waals surface area contributed by atoms with Crippen LogP contribution >= 0.6 is 11.8 Å². The largest absolute Gasteiger partial charge is 0.312 e. The Morgan fingerprint density at radius 3 is 2.67 bits per heavy atom. The molecule has 1 aromatic carbocycles. The fraction of sp³-hybridized carbons (Fsp3) is 0.588. The zero-order valence-electron chi connectivity index (χ0n) is 14.8. The van der Waals surface area contributed by atoms with E-state index in [1.807, 2.05) is 6.92 Å². The highest BCUT2D eigenvalue weighted by molar-refractivity contribution is 8.00. The molecule has 1 aromatic rings. The zero-order valence-corrected chi connectivity index (χ0v) is 16.4. The molecule has 2 rings (SSSR count). The molecule has 1 N–H and O–H groups in total. The molecule has 0 radical (unpaired) electrons. The van der Waals surface area contributed by atoms with Gasteiger partial charge in [0.15, 0.2) is 0 Å². The molecule has 24 heavy (non-hydrogen) atoms. The number of fused-ring (bicyclic) bond motifs is 1. The van der Waals surface area contributed by atoms with E-state index in [4.69, 9.17) is 0 Å². The molecule has 1 heterocycles. The lowest BCUT2D eigenvalue weighted by Crippen LogP contribution is -2.28. The van der Waals surface area contributed by atoms with E-state index in [-0.39, 0.29) is 15.5 Å². The van der Waals surface area contributed by atoms with Crippen molar-refractivity contribution >= 4 is 33.4 Å². The van der Waals surface area contributed by atoms with Gasteiger partial charge < -0.3 is 4.90 Å². The first-order chi connectivity index (χ1) is 11.1. The van der Waals surface area contributed by atoms with Crippen LogP contribution in [0.4, 0.5) is 5.69 Å². The highest BCUT2D eigenvalue weighted by Gasteiger charge is 2.25. The van der Waals surface area contributed by atoms with Crippen LogP contribution in [0.3, 0.4) is 0 Å². The van der Waals surface area contributed by atoms with Crippen LogP contribution in [0.1, 0.15) is 39.7 Å². The van der Waals surface area contributed by atoms with E-state index in [0.717, 1.165) is 17.0 Å². The molecule has 0 saturated heterocycles. The maximum absolute atomic E-state index is 12.4. The number of sulfonamides is 1. The SMILES string of the molecule is CCC(=O)N1CCc2cc(S(=O)(=O)NCCSC(C)(C)C)ccc21. The minimum Gasteiger partial charge on any atom is -0.312 e. The molecule has 1 aliphatic heterocycles. The Kier molecular flexibility index (Phi) is 5.99. The minimum absolute atomic E-state index is 0.0710. The minimum atomic E-state index is -3.51. The molecule has 0 bridgehead atoms. The van der Waals surface area contributed by atoms with E-state index in [0.29, 0.717) is 25.9 Å². The third-order valence-electron chi connectivity index (χ3n) is 3.79. The summed E-state index contributed by atoms with van der Waals surface area (Å²) in [4.78, 5) is 13.9. The number of nitrogens with one attached hydrogen (secondary N) is 1. The Bertz CT molecular complexity index is 709. The van der Waals surface area contributed by atoms with Crippen molar-refractivity contribution in [1.29, 1.82) is 0 Å². The first-order valence-corrected chi connectivity index (χ1v) is 10.7. The van der Waals surface area contributed by atoms with Crippen LogP contribution in [-0.2, 0) is 21.2 Å². The Balaban J connectivity index is 2.06. The molecule has 134 valence electrons. The lowest BCUT2D eigenvalue weighted by molar-refractivity contribution is -0.118. The molecule has 0 saturated carbocycles. The number of hydrogen-bond donors (Lipinski definition) is 1. The molecule has 5 nitrogen and oxygen atoms in total. The Morgan fingerprint density at radius 2 is 2.04 bits per heavy atom. The third-order valence-corrected chi connectivity index (χ3v) is 6.52. The van der Waals surface area contributed by atoms with Crippen molar-refractivity contribution in [1.82, 2.24) is 4.72 Å². The fourth-order valence-corrected chi connectivity index (χ4v) is 4.64. The normalized spacial score (nSPS) is 14.8. The van der Waals surface area contributed by atoms with Gasteiger partial charge in [0.05, 0.1) is 4.90 Å². The van der Waals surface area contributed by atoms with Crippen molar-refractivity contribution in [3.05, 3.63) is 23.8 Å². The smallest absolute Gasteiger partial charge is 0.240 e. The van der Waals surface area contributed by atoms with E-state index in [1.165, 1.54) is 0 Å². The first-order valence-electron chi connectivity index (χ1n) is 8.21. The topological polar surface area (TPSA) is 66.5 Å². The van der Waals surface area contributed by atoms with Gasteiger partial charge in [-0.15, -0.1) is 0 Å². The van der Waals surface area contributed by atoms with Crippen LogP contribution in [-0.4, -0.2) is 37.9 Å². The van der Waals surface area contributed by atoms with E-state index in [9.17, 15) is 13.2 Å². The maximum Gasteiger partial charge on any atom is 0.240 e. The molecule has 1 aliphatic rings. The Morgan fingerprint density at radius 1 is 1.33 bits per heavy atom. The monoisotopic (exact) mass is 370 g/mol. The Hall–Kier alpha value is -1.05. The first kappa shape index (κ1) is 19.3. The van der Waals surface area contributed by atoms with Gasteiger partial charge in [0.25, 0.3) is 0 Å². The summed E-state index contributed by atoms with van der Waals surface area (Å²) in [5, 5.41) is 0.